The number of carbonyl (C=O) groups excluding carboxylic acids is 1. The van der Waals surface area contributed by atoms with E-state index in [9.17, 15) is 18.0 Å². The van der Waals surface area contributed by atoms with Gasteiger partial charge in [0.2, 0.25) is 11.8 Å². The highest BCUT2D eigenvalue weighted by Crippen LogP contribution is 2.35. The van der Waals surface area contributed by atoms with E-state index < -0.39 is 11.7 Å². The van der Waals surface area contributed by atoms with Crippen LogP contribution in [0.3, 0.4) is 0 Å². The van der Waals surface area contributed by atoms with E-state index in [0.29, 0.717) is 27.7 Å². The number of nitrogens with one attached hydrogen (secondary N) is 1. The molecule has 2 aromatic carbocycles. The first-order chi connectivity index (χ1) is 15.7. The molecule has 0 aliphatic rings. The zero-order chi connectivity index (χ0) is 23.6. The lowest BCUT2D eigenvalue weighted by atomic mass is 10.1. The zero-order valence-electron chi connectivity index (χ0n) is 17.6. The van der Waals surface area contributed by atoms with Crippen molar-refractivity contribution in [3.8, 4) is 22.9 Å². The van der Waals surface area contributed by atoms with Gasteiger partial charge < -0.3 is 15.0 Å². The van der Waals surface area contributed by atoms with Gasteiger partial charge in [-0.3, -0.25) is 4.79 Å². The maximum atomic E-state index is 12.8. The van der Waals surface area contributed by atoms with Gasteiger partial charge in [0, 0.05) is 11.6 Å². The number of benzene rings is 2. The molecule has 33 heavy (non-hydrogen) atoms. The Morgan fingerprint density at radius 2 is 1.88 bits per heavy atom. The molecule has 0 radical (unpaired) electrons. The first-order valence-electron chi connectivity index (χ1n) is 9.71. The van der Waals surface area contributed by atoms with Crippen molar-refractivity contribution in [2.24, 2.45) is 0 Å². The van der Waals surface area contributed by atoms with Crippen LogP contribution in [0, 0.1) is 0 Å². The number of alkyl halides is 3. The van der Waals surface area contributed by atoms with Gasteiger partial charge in [0.1, 0.15) is 11.8 Å². The van der Waals surface area contributed by atoms with Crippen molar-refractivity contribution in [2.75, 3.05) is 26.0 Å². The minimum absolute atomic E-state index is 0.182. The van der Waals surface area contributed by atoms with Gasteiger partial charge in [0.25, 0.3) is 0 Å². The first-order valence-corrected chi connectivity index (χ1v) is 10.5. The van der Waals surface area contributed by atoms with Crippen LogP contribution in [-0.4, -0.2) is 46.4 Å². The van der Waals surface area contributed by atoms with E-state index in [4.69, 9.17) is 4.74 Å². The summed E-state index contributed by atoms with van der Waals surface area (Å²) >= 11 is 1.31. The molecular weight excluding hydrogens is 455 g/mol. The standard InChI is InChI=1S/C22H18F3N5O2S/c1-30(2)11-18(31)28-21-29-20-16(4-3-5-17(20)33-21)32-19-10-15(26-12-27-19)13-6-8-14(9-7-13)22(23,24)25/h3-10,12H,11H2,1-2H3,(H,28,29,31). The highest BCUT2D eigenvalue weighted by Gasteiger charge is 2.30. The summed E-state index contributed by atoms with van der Waals surface area (Å²) in [5.74, 6) is 0.450. The smallest absolute Gasteiger partial charge is 0.416 e. The second-order valence-corrected chi connectivity index (χ2v) is 8.36. The van der Waals surface area contributed by atoms with E-state index in [1.807, 2.05) is 6.07 Å². The number of aromatic nitrogens is 3. The van der Waals surface area contributed by atoms with Crippen molar-refractivity contribution < 1.29 is 22.7 Å². The van der Waals surface area contributed by atoms with Gasteiger partial charge >= 0.3 is 6.18 Å². The average molecular weight is 473 g/mol. The summed E-state index contributed by atoms with van der Waals surface area (Å²) in [6, 6.07) is 11.6. The summed E-state index contributed by atoms with van der Waals surface area (Å²) in [4.78, 5) is 26.5. The third kappa shape index (κ3) is 5.44. The van der Waals surface area contributed by atoms with Crippen molar-refractivity contribution in [3.63, 3.8) is 0 Å². The van der Waals surface area contributed by atoms with E-state index in [1.54, 1.807) is 31.1 Å². The lowest BCUT2D eigenvalue weighted by Gasteiger charge is -2.09. The van der Waals surface area contributed by atoms with Crippen LogP contribution in [0.15, 0.2) is 54.9 Å². The van der Waals surface area contributed by atoms with Crippen LogP contribution in [0.4, 0.5) is 18.3 Å². The summed E-state index contributed by atoms with van der Waals surface area (Å²) < 4.78 is 45.1. The summed E-state index contributed by atoms with van der Waals surface area (Å²) in [5, 5.41) is 3.21. The van der Waals surface area contributed by atoms with E-state index in [-0.39, 0.29) is 18.3 Å². The van der Waals surface area contributed by atoms with Crippen LogP contribution in [0.5, 0.6) is 11.6 Å². The summed E-state index contributed by atoms with van der Waals surface area (Å²) in [6.45, 7) is 0.229. The number of hydrogen-bond acceptors (Lipinski definition) is 7. The molecule has 0 atom stereocenters. The van der Waals surface area contributed by atoms with Gasteiger partial charge in [-0.2, -0.15) is 13.2 Å². The van der Waals surface area contributed by atoms with Crippen LogP contribution in [0.1, 0.15) is 5.56 Å². The zero-order valence-corrected chi connectivity index (χ0v) is 18.4. The molecule has 0 aliphatic heterocycles. The van der Waals surface area contributed by atoms with Crippen molar-refractivity contribution in [1.82, 2.24) is 19.9 Å². The average Bonchev–Trinajstić information content (AvgIpc) is 3.16. The molecule has 0 bridgehead atoms. The molecule has 7 nitrogen and oxygen atoms in total. The maximum absolute atomic E-state index is 12.8. The van der Waals surface area contributed by atoms with Crippen LogP contribution in [0.25, 0.3) is 21.5 Å². The Bertz CT molecular complexity index is 1290. The molecule has 11 heteroatoms. The fourth-order valence-corrected chi connectivity index (χ4v) is 3.90. The van der Waals surface area contributed by atoms with Crippen LogP contribution in [-0.2, 0) is 11.0 Å². The summed E-state index contributed by atoms with van der Waals surface area (Å²) in [7, 11) is 3.59. The predicted octanol–water partition coefficient (Wildman–Crippen LogP) is 5.06. The summed E-state index contributed by atoms with van der Waals surface area (Å²) in [6.07, 6.45) is -3.13. The fourth-order valence-electron chi connectivity index (χ4n) is 3.00. The second kappa shape index (κ2) is 9.12. The third-order valence-electron chi connectivity index (χ3n) is 4.45. The molecular formula is C22H18F3N5O2S. The molecule has 0 unspecified atom stereocenters. The number of amides is 1. The molecule has 170 valence electrons. The topological polar surface area (TPSA) is 80.2 Å². The molecule has 0 aliphatic carbocycles. The highest BCUT2D eigenvalue weighted by molar-refractivity contribution is 7.22. The molecule has 1 N–H and O–H groups in total. The molecule has 4 aromatic rings. The van der Waals surface area contributed by atoms with Gasteiger partial charge in [-0.15, -0.1) is 0 Å². The predicted molar refractivity (Wildman–Crippen MR) is 119 cm³/mol. The second-order valence-electron chi connectivity index (χ2n) is 7.33. The van der Waals surface area contributed by atoms with E-state index in [0.717, 1.165) is 16.8 Å². The molecule has 0 fully saturated rings. The quantitative estimate of drug-likeness (QED) is 0.422. The maximum Gasteiger partial charge on any atom is 0.416 e. The lowest BCUT2D eigenvalue weighted by molar-refractivity contribution is -0.137. The Kier molecular flexibility index (Phi) is 6.25. The molecule has 4 rings (SSSR count). The van der Waals surface area contributed by atoms with Crippen LogP contribution in [0.2, 0.25) is 0 Å². The number of fused-ring (bicyclic) bond motifs is 1. The molecule has 0 saturated heterocycles. The molecule has 0 saturated carbocycles. The number of likely N-dealkylation sites (N-methyl/N-ethyl adjacent to an activating group) is 1. The van der Waals surface area contributed by atoms with E-state index >= 15 is 0 Å². The Labute approximate surface area is 190 Å². The van der Waals surface area contributed by atoms with Gasteiger partial charge in [0.05, 0.1) is 22.5 Å². The Balaban J connectivity index is 1.57. The van der Waals surface area contributed by atoms with Gasteiger partial charge in [-0.25, -0.2) is 15.0 Å². The van der Waals surface area contributed by atoms with Crippen LogP contribution < -0.4 is 10.1 Å². The van der Waals surface area contributed by atoms with E-state index in [1.165, 1.54) is 35.9 Å². The summed E-state index contributed by atoms with van der Waals surface area (Å²) in [5.41, 5.74) is 0.724. The van der Waals surface area contributed by atoms with Crippen molar-refractivity contribution in [2.45, 2.75) is 6.18 Å². The number of anilines is 1. The molecule has 1 amide bonds. The number of hydrogen-bond donors (Lipinski definition) is 1. The number of ether oxygens (including phenoxy) is 1. The van der Waals surface area contributed by atoms with Crippen molar-refractivity contribution in [3.05, 3.63) is 60.4 Å². The van der Waals surface area contributed by atoms with E-state index in [2.05, 4.69) is 20.3 Å². The SMILES string of the molecule is CN(C)CC(=O)Nc1nc2c(Oc3cc(-c4ccc(C(F)(F)F)cc4)ncn3)cccc2s1. The van der Waals surface area contributed by atoms with Crippen molar-refractivity contribution in [1.29, 1.82) is 0 Å². The third-order valence-corrected chi connectivity index (χ3v) is 5.39. The normalized spacial score (nSPS) is 11.7. The number of thiazole rings is 1. The van der Waals surface area contributed by atoms with Gasteiger partial charge in [0.15, 0.2) is 10.9 Å². The Hall–Kier alpha value is -3.57. The Morgan fingerprint density at radius 1 is 1.12 bits per heavy atom. The monoisotopic (exact) mass is 473 g/mol. The van der Waals surface area contributed by atoms with Crippen molar-refractivity contribution >= 4 is 32.6 Å². The fraction of sp³-hybridized carbons (Fsp3) is 0.182. The lowest BCUT2D eigenvalue weighted by Crippen LogP contribution is -2.26. The minimum Gasteiger partial charge on any atom is -0.437 e. The number of nitrogens with zero attached hydrogens (tertiary/aromatic N) is 4. The van der Waals surface area contributed by atoms with Gasteiger partial charge in [-0.1, -0.05) is 29.5 Å². The van der Waals surface area contributed by atoms with Crippen LogP contribution >= 0.6 is 11.3 Å². The number of carbonyl (C=O) groups is 1. The first kappa shape index (κ1) is 22.6. The molecule has 2 heterocycles. The molecule has 2 aromatic heterocycles. The number of para-hydroxylation sites is 1. The van der Waals surface area contributed by atoms with Gasteiger partial charge in [-0.05, 0) is 38.4 Å². The minimum atomic E-state index is -4.41. The Morgan fingerprint density at radius 3 is 2.58 bits per heavy atom. The number of rotatable bonds is 6. The molecule has 0 spiro atoms. The highest BCUT2D eigenvalue weighted by atomic mass is 32.1. The largest absolute Gasteiger partial charge is 0.437 e. The number of halogens is 3.